The summed E-state index contributed by atoms with van der Waals surface area (Å²) in [5.74, 6) is -0.108. The van der Waals surface area contributed by atoms with E-state index in [1.165, 1.54) is 19.4 Å². The Morgan fingerprint density at radius 1 is 1.04 bits per heavy atom. The van der Waals surface area contributed by atoms with E-state index in [1.807, 2.05) is 0 Å². The highest BCUT2D eigenvalue weighted by molar-refractivity contribution is 6.07. The standard InChI is InChI=1S/C20H26N2O3/c1-13-6-4-5-7-18(13)22-19(24)12-14(2)20(25)21-17-10-8-16(9-11-17)15(3)23/h8-13,18H,4-7H2,1-3H3,(H,21,25)(H,22,24)/b14-12-. The molecule has 1 saturated carbocycles. The van der Waals surface area contributed by atoms with Gasteiger partial charge in [-0.05, 0) is 56.9 Å². The van der Waals surface area contributed by atoms with Crippen molar-refractivity contribution in [3.05, 3.63) is 41.5 Å². The fourth-order valence-electron chi connectivity index (χ4n) is 3.04. The van der Waals surface area contributed by atoms with Crippen LogP contribution in [0.5, 0.6) is 0 Å². The van der Waals surface area contributed by atoms with Gasteiger partial charge in [-0.1, -0.05) is 19.8 Å². The number of nitrogens with one attached hydrogen (secondary N) is 2. The molecule has 1 aliphatic carbocycles. The minimum Gasteiger partial charge on any atom is -0.350 e. The number of benzene rings is 1. The molecule has 134 valence electrons. The van der Waals surface area contributed by atoms with Crippen molar-refractivity contribution in [1.29, 1.82) is 0 Å². The number of anilines is 1. The van der Waals surface area contributed by atoms with Crippen LogP contribution in [-0.4, -0.2) is 23.6 Å². The minimum absolute atomic E-state index is 0.0254. The van der Waals surface area contributed by atoms with Gasteiger partial charge in [0.25, 0.3) is 5.91 Å². The Labute approximate surface area is 148 Å². The van der Waals surface area contributed by atoms with Gasteiger partial charge in [-0.15, -0.1) is 0 Å². The van der Waals surface area contributed by atoms with Crippen molar-refractivity contribution in [2.24, 2.45) is 5.92 Å². The first kappa shape index (κ1) is 18.9. The fourth-order valence-corrected chi connectivity index (χ4v) is 3.04. The van der Waals surface area contributed by atoms with Crippen molar-refractivity contribution in [1.82, 2.24) is 5.32 Å². The lowest BCUT2D eigenvalue weighted by Crippen LogP contribution is -2.40. The monoisotopic (exact) mass is 342 g/mol. The zero-order valence-electron chi connectivity index (χ0n) is 15.1. The Bertz CT molecular complexity index is 677. The second kappa shape index (κ2) is 8.60. The van der Waals surface area contributed by atoms with Crippen LogP contribution >= 0.6 is 0 Å². The zero-order valence-corrected chi connectivity index (χ0v) is 15.1. The molecule has 0 aliphatic heterocycles. The maximum Gasteiger partial charge on any atom is 0.251 e. The Morgan fingerprint density at radius 3 is 2.28 bits per heavy atom. The third kappa shape index (κ3) is 5.55. The van der Waals surface area contributed by atoms with E-state index >= 15 is 0 Å². The highest BCUT2D eigenvalue weighted by Gasteiger charge is 2.22. The van der Waals surface area contributed by atoms with Crippen molar-refractivity contribution < 1.29 is 14.4 Å². The SMILES string of the molecule is CC(=O)c1ccc(NC(=O)/C(C)=C\C(=O)NC2CCCCC2C)cc1. The Balaban J connectivity index is 1.92. The van der Waals surface area contributed by atoms with E-state index in [0.717, 1.165) is 19.3 Å². The number of carbonyl (C=O) groups excluding carboxylic acids is 3. The van der Waals surface area contributed by atoms with Gasteiger partial charge < -0.3 is 10.6 Å². The zero-order chi connectivity index (χ0) is 18.4. The quantitative estimate of drug-likeness (QED) is 0.635. The van der Waals surface area contributed by atoms with Crippen LogP contribution in [-0.2, 0) is 9.59 Å². The summed E-state index contributed by atoms with van der Waals surface area (Å²) in [6, 6.07) is 6.85. The summed E-state index contributed by atoms with van der Waals surface area (Å²) in [6.45, 7) is 5.26. The van der Waals surface area contributed by atoms with Gasteiger partial charge in [0, 0.05) is 28.9 Å². The van der Waals surface area contributed by atoms with Crippen molar-refractivity contribution in [3.63, 3.8) is 0 Å². The predicted octanol–water partition coefficient (Wildman–Crippen LogP) is 3.47. The molecular formula is C20H26N2O3. The van der Waals surface area contributed by atoms with Crippen LogP contribution in [0.25, 0.3) is 0 Å². The molecule has 1 fully saturated rings. The molecule has 25 heavy (non-hydrogen) atoms. The average Bonchev–Trinajstić information content (AvgIpc) is 2.57. The van der Waals surface area contributed by atoms with Gasteiger partial charge in [0.15, 0.2) is 5.78 Å². The number of Topliss-reactive ketones (excluding diaryl/α,β-unsaturated/α-hetero) is 1. The first-order chi connectivity index (χ1) is 11.9. The molecule has 5 heteroatoms. The number of ketones is 1. The second-order valence-corrected chi connectivity index (χ2v) is 6.79. The van der Waals surface area contributed by atoms with Gasteiger partial charge in [-0.3, -0.25) is 14.4 Å². The molecule has 1 aromatic carbocycles. The molecule has 2 amide bonds. The molecule has 2 rings (SSSR count). The molecule has 2 unspecified atom stereocenters. The van der Waals surface area contributed by atoms with E-state index in [1.54, 1.807) is 31.2 Å². The Morgan fingerprint density at radius 2 is 1.68 bits per heavy atom. The summed E-state index contributed by atoms with van der Waals surface area (Å²) in [6.07, 6.45) is 5.82. The van der Waals surface area contributed by atoms with Crippen LogP contribution in [0.15, 0.2) is 35.9 Å². The van der Waals surface area contributed by atoms with Crippen molar-refractivity contribution >= 4 is 23.3 Å². The average molecular weight is 342 g/mol. The molecule has 1 aromatic rings. The number of carbonyl (C=O) groups is 3. The van der Waals surface area contributed by atoms with Crippen molar-refractivity contribution in [3.8, 4) is 0 Å². The lowest BCUT2D eigenvalue weighted by Gasteiger charge is -2.29. The topological polar surface area (TPSA) is 75.3 Å². The summed E-state index contributed by atoms with van der Waals surface area (Å²) in [5, 5.41) is 5.73. The van der Waals surface area contributed by atoms with E-state index in [-0.39, 0.29) is 23.6 Å². The normalized spacial score (nSPS) is 20.7. The first-order valence-corrected chi connectivity index (χ1v) is 8.78. The summed E-state index contributed by atoms with van der Waals surface area (Å²) >= 11 is 0. The maximum absolute atomic E-state index is 12.2. The van der Waals surface area contributed by atoms with Crippen LogP contribution in [0.2, 0.25) is 0 Å². The first-order valence-electron chi connectivity index (χ1n) is 8.78. The number of hydrogen-bond donors (Lipinski definition) is 2. The largest absolute Gasteiger partial charge is 0.350 e. The number of rotatable bonds is 5. The predicted molar refractivity (Wildman–Crippen MR) is 98.4 cm³/mol. The van der Waals surface area contributed by atoms with Crippen LogP contribution in [0, 0.1) is 5.92 Å². The van der Waals surface area contributed by atoms with E-state index in [0.29, 0.717) is 22.7 Å². The van der Waals surface area contributed by atoms with E-state index in [2.05, 4.69) is 17.6 Å². The lowest BCUT2D eigenvalue weighted by molar-refractivity contribution is -0.118. The second-order valence-electron chi connectivity index (χ2n) is 6.79. The molecule has 1 aliphatic rings. The molecular weight excluding hydrogens is 316 g/mol. The van der Waals surface area contributed by atoms with Gasteiger partial charge in [-0.25, -0.2) is 0 Å². The highest BCUT2D eigenvalue weighted by atomic mass is 16.2. The third-order valence-electron chi connectivity index (χ3n) is 4.69. The minimum atomic E-state index is -0.331. The fraction of sp³-hybridized carbons (Fsp3) is 0.450. The molecule has 0 saturated heterocycles. The highest BCUT2D eigenvalue weighted by Crippen LogP contribution is 2.23. The van der Waals surface area contributed by atoms with Crippen LogP contribution in [0.3, 0.4) is 0 Å². The molecule has 2 N–H and O–H groups in total. The summed E-state index contributed by atoms with van der Waals surface area (Å²) in [5.41, 5.74) is 1.52. The smallest absolute Gasteiger partial charge is 0.251 e. The van der Waals surface area contributed by atoms with Crippen molar-refractivity contribution in [2.45, 2.75) is 52.5 Å². The van der Waals surface area contributed by atoms with Crippen LogP contribution in [0.1, 0.15) is 56.8 Å². The Hall–Kier alpha value is -2.43. The van der Waals surface area contributed by atoms with Crippen LogP contribution in [0.4, 0.5) is 5.69 Å². The van der Waals surface area contributed by atoms with Crippen LogP contribution < -0.4 is 10.6 Å². The molecule has 2 atom stereocenters. The Kier molecular flexibility index (Phi) is 6.51. The summed E-state index contributed by atoms with van der Waals surface area (Å²) < 4.78 is 0. The molecule has 0 heterocycles. The molecule has 0 aromatic heterocycles. The number of amides is 2. The van der Waals surface area contributed by atoms with Gasteiger partial charge in [0.2, 0.25) is 5.91 Å². The van der Waals surface area contributed by atoms with Gasteiger partial charge in [-0.2, -0.15) is 0 Å². The third-order valence-corrected chi connectivity index (χ3v) is 4.69. The number of hydrogen-bond acceptors (Lipinski definition) is 3. The van der Waals surface area contributed by atoms with E-state index in [9.17, 15) is 14.4 Å². The van der Waals surface area contributed by atoms with E-state index < -0.39 is 0 Å². The van der Waals surface area contributed by atoms with Gasteiger partial charge in [0.05, 0.1) is 0 Å². The summed E-state index contributed by atoms with van der Waals surface area (Å²) in [7, 11) is 0. The molecule has 0 spiro atoms. The maximum atomic E-state index is 12.2. The molecule has 0 bridgehead atoms. The van der Waals surface area contributed by atoms with Crippen molar-refractivity contribution in [2.75, 3.05) is 5.32 Å². The summed E-state index contributed by atoms with van der Waals surface area (Å²) in [4.78, 5) is 35.6. The molecule has 5 nitrogen and oxygen atoms in total. The molecule has 0 radical (unpaired) electrons. The van der Waals surface area contributed by atoms with E-state index in [4.69, 9.17) is 0 Å². The lowest BCUT2D eigenvalue weighted by atomic mass is 9.86. The van der Waals surface area contributed by atoms with Gasteiger partial charge >= 0.3 is 0 Å². The van der Waals surface area contributed by atoms with Gasteiger partial charge in [0.1, 0.15) is 0 Å².